The number of anilines is 1. The van der Waals surface area contributed by atoms with Crippen molar-refractivity contribution >= 4 is 23.3 Å². The number of nitrogens with zero attached hydrogens (tertiary/aromatic N) is 2. The van der Waals surface area contributed by atoms with Gasteiger partial charge in [0.25, 0.3) is 5.91 Å². The van der Waals surface area contributed by atoms with Gasteiger partial charge >= 0.3 is 5.97 Å². The SMILES string of the molecule is Cc1ccccc1N1N=C(C(=O)O)CC1=O. The molecule has 0 fully saturated rings. The molecule has 0 aliphatic carbocycles. The minimum Gasteiger partial charge on any atom is -0.477 e. The standard InChI is InChI=1S/C11H10N2O3/c1-7-4-2-3-5-9(7)13-10(14)6-8(12-13)11(15)16/h2-5H,6H2,1H3,(H,15,16). The number of rotatable bonds is 2. The minimum atomic E-state index is -1.15. The predicted octanol–water partition coefficient (Wildman–Crippen LogP) is 1.17. The number of carbonyl (C=O) groups is 2. The van der Waals surface area contributed by atoms with Crippen LogP contribution >= 0.6 is 0 Å². The zero-order valence-corrected chi connectivity index (χ0v) is 8.67. The van der Waals surface area contributed by atoms with Gasteiger partial charge in [-0.3, -0.25) is 4.79 Å². The molecule has 1 N–H and O–H groups in total. The molecule has 0 bridgehead atoms. The molecule has 0 atom stereocenters. The molecule has 5 nitrogen and oxygen atoms in total. The Morgan fingerprint density at radius 1 is 1.44 bits per heavy atom. The molecule has 1 aliphatic heterocycles. The predicted molar refractivity (Wildman–Crippen MR) is 58.4 cm³/mol. The van der Waals surface area contributed by atoms with Crippen LogP contribution in [-0.4, -0.2) is 22.7 Å². The number of carbonyl (C=O) groups excluding carboxylic acids is 1. The zero-order valence-electron chi connectivity index (χ0n) is 8.67. The Morgan fingerprint density at radius 2 is 2.12 bits per heavy atom. The van der Waals surface area contributed by atoms with Crippen LogP contribution in [0.3, 0.4) is 0 Å². The van der Waals surface area contributed by atoms with Crippen LogP contribution in [0, 0.1) is 6.92 Å². The summed E-state index contributed by atoms with van der Waals surface area (Å²) in [5.74, 6) is -1.46. The maximum atomic E-state index is 11.6. The van der Waals surface area contributed by atoms with E-state index in [1.807, 2.05) is 19.1 Å². The Balaban J connectivity index is 2.39. The van der Waals surface area contributed by atoms with Crippen LogP contribution in [0.1, 0.15) is 12.0 Å². The number of aryl methyl sites for hydroxylation is 1. The number of hydrogen-bond donors (Lipinski definition) is 1. The van der Waals surface area contributed by atoms with Crippen molar-refractivity contribution in [2.24, 2.45) is 5.10 Å². The van der Waals surface area contributed by atoms with Crippen molar-refractivity contribution in [2.45, 2.75) is 13.3 Å². The second kappa shape index (κ2) is 3.77. The molecule has 1 heterocycles. The number of amides is 1. The smallest absolute Gasteiger partial charge is 0.352 e. The number of aliphatic carboxylic acids is 1. The topological polar surface area (TPSA) is 70.0 Å². The summed E-state index contributed by atoms with van der Waals surface area (Å²) in [6.45, 7) is 1.84. The fourth-order valence-corrected chi connectivity index (χ4v) is 1.54. The minimum absolute atomic E-state index is 0.117. The number of hydrogen-bond acceptors (Lipinski definition) is 3. The van der Waals surface area contributed by atoms with Crippen molar-refractivity contribution in [1.29, 1.82) is 0 Å². The Bertz CT molecular complexity index is 494. The summed E-state index contributed by atoms with van der Waals surface area (Å²) in [6.07, 6.45) is -0.149. The van der Waals surface area contributed by atoms with Gasteiger partial charge in [0.05, 0.1) is 12.1 Å². The summed E-state index contributed by atoms with van der Waals surface area (Å²) in [4.78, 5) is 22.3. The molecule has 1 aliphatic rings. The third-order valence-corrected chi connectivity index (χ3v) is 2.37. The van der Waals surface area contributed by atoms with E-state index in [1.165, 1.54) is 0 Å². The molecule has 5 heteroatoms. The van der Waals surface area contributed by atoms with Gasteiger partial charge in [-0.15, -0.1) is 0 Å². The van der Waals surface area contributed by atoms with E-state index in [1.54, 1.807) is 12.1 Å². The number of para-hydroxylation sites is 1. The van der Waals surface area contributed by atoms with E-state index >= 15 is 0 Å². The highest BCUT2D eigenvalue weighted by Crippen LogP contribution is 2.23. The quantitative estimate of drug-likeness (QED) is 0.810. The van der Waals surface area contributed by atoms with E-state index in [0.29, 0.717) is 5.69 Å². The molecule has 16 heavy (non-hydrogen) atoms. The molecule has 1 aromatic rings. The number of carboxylic acid groups (broad SMARTS) is 1. The van der Waals surface area contributed by atoms with Crippen molar-refractivity contribution in [3.8, 4) is 0 Å². The zero-order chi connectivity index (χ0) is 11.7. The van der Waals surface area contributed by atoms with Crippen LogP contribution in [0.15, 0.2) is 29.4 Å². The number of carboxylic acids is 1. The lowest BCUT2D eigenvalue weighted by molar-refractivity contribution is -0.129. The molecular weight excluding hydrogens is 208 g/mol. The van der Waals surface area contributed by atoms with Gasteiger partial charge in [0.2, 0.25) is 0 Å². The Labute approximate surface area is 92.0 Å². The maximum absolute atomic E-state index is 11.6. The molecular formula is C11H10N2O3. The molecule has 0 saturated heterocycles. The van der Waals surface area contributed by atoms with Crippen LogP contribution in [0.2, 0.25) is 0 Å². The van der Waals surface area contributed by atoms with Crippen LogP contribution in [-0.2, 0) is 9.59 Å². The van der Waals surface area contributed by atoms with E-state index < -0.39 is 5.97 Å². The first kappa shape index (κ1) is 10.4. The molecule has 0 aromatic heterocycles. The number of benzene rings is 1. The second-order valence-corrected chi connectivity index (χ2v) is 3.52. The van der Waals surface area contributed by atoms with Gasteiger partial charge < -0.3 is 5.11 Å². The van der Waals surface area contributed by atoms with Gasteiger partial charge in [-0.2, -0.15) is 10.1 Å². The molecule has 0 spiro atoms. The van der Waals surface area contributed by atoms with Gasteiger partial charge in [0.1, 0.15) is 0 Å². The van der Waals surface area contributed by atoms with Crippen LogP contribution < -0.4 is 5.01 Å². The fourth-order valence-electron chi connectivity index (χ4n) is 1.54. The molecule has 0 saturated carbocycles. The van der Waals surface area contributed by atoms with Gasteiger partial charge in [-0.05, 0) is 18.6 Å². The molecule has 0 unspecified atom stereocenters. The summed E-state index contributed by atoms with van der Waals surface area (Å²) in [5.41, 5.74) is 1.39. The van der Waals surface area contributed by atoms with Crippen LogP contribution in [0.5, 0.6) is 0 Å². The van der Waals surface area contributed by atoms with Gasteiger partial charge in [0.15, 0.2) is 5.71 Å². The van der Waals surface area contributed by atoms with Crippen molar-refractivity contribution < 1.29 is 14.7 Å². The van der Waals surface area contributed by atoms with Gasteiger partial charge in [0, 0.05) is 0 Å². The normalized spacial score (nSPS) is 15.2. The molecule has 1 aromatic carbocycles. The average molecular weight is 218 g/mol. The van der Waals surface area contributed by atoms with E-state index in [4.69, 9.17) is 5.11 Å². The van der Waals surface area contributed by atoms with Crippen molar-refractivity contribution in [2.75, 3.05) is 5.01 Å². The van der Waals surface area contributed by atoms with E-state index in [0.717, 1.165) is 10.6 Å². The Hall–Kier alpha value is -2.17. The summed E-state index contributed by atoms with van der Waals surface area (Å²) in [7, 11) is 0. The lowest BCUT2D eigenvalue weighted by Crippen LogP contribution is -2.20. The second-order valence-electron chi connectivity index (χ2n) is 3.52. The van der Waals surface area contributed by atoms with E-state index in [-0.39, 0.29) is 18.0 Å². The summed E-state index contributed by atoms with van der Waals surface area (Å²) in [6, 6.07) is 7.21. The van der Waals surface area contributed by atoms with Crippen LogP contribution in [0.4, 0.5) is 5.69 Å². The summed E-state index contributed by atoms with van der Waals surface area (Å²) >= 11 is 0. The third kappa shape index (κ3) is 1.67. The molecule has 0 radical (unpaired) electrons. The first-order chi connectivity index (χ1) is 7.59. The first-order valence-electron chi connectivity index (χ1n) is 4.79. The summed E-state index contributed by atoms with van der Waals surface area (Å²) < 4.78 is 0. The van der Waals surface area contributed by atoms with E-state index in [2.05, 4.69) is 5.10 Å². The highest BCUT2D eigenvalue weighted by atomic mass is 16.4. The lowest BCUT2D eigenvalue weighted by Gasteiger charge is -2.13. The highest BCUT2D eigenvalue weighted by Gasteiger charge is 2.29. The van der Waals surface area contributed by atoms with Gasteiger partial charge in [-0.25, -0.2) is 4.79 Å². The van der Waals surface area contributed by atoms with Crippen LogP contribution in [0.25, 0.3) is 0 Å². The monoisotopic (exact) mass is 218 g/mol. The molecule has 1 amide bonds. The number of hydrazone groups is 1. The van der Waals surface area contributed by atoms with E-state index in [9.17, 15) is 9.59 Å². The lowest BCUT2D eigenvalue weighted by atomic mass is 10.2. The van der Waals surface area contributed by atoms with Crippen molar-refractivity contribution in [3.05, 3.63) is 29.8 Å². The first-order valence-corrected chi connectivity index (χ1v) is 4.79. The Morgan fingerprint density at radius 3 is 2.69 bits per heavy atom. The molecule has 2 rings (SSSR count). The fraction of sp³-hybridized carbons (Fsp3) is 0.182. The van der Waals surface area contributed by atoms with Crippen molar-refractivity contribution in [3.63, 3.8) is 0 Å². The largest absolute Gasteiger partial charge is 0.477 e. The van der Waals surface area contributed by atoms with Gasteiger partial charge in [-0.1, -0.05) is 18.2 Å². The third-order valence-electron chi connectivity index (χ3n) is 2.37. The average Bonchev–Trinajstić information content (AvgIpc) is 2.61. The highest BCUT2D eigenvalue weighted by molar-refractivity contribution is 6.42. The van der Waals surface area contributed by atoms with Crippen molar-refractivity contribution in [1.82, 2.24) is 0 Å². The maximum Gasteiger partial charge on any atom is 0.352 e. The molecule has 82 valence electrons. The summed E-state index contributed by atoms with van der Waals surface area (Å²) in [5, 5.41) is 13.7. The Kier molecular flexibility index (Phi) is 2.44.